The van der Waals surface area contributed by atoms with Gasteiger partial charge in [-0.15, -0.1) is 0 Å². The fourth-order valence-corrected chi connectivity index (χ4v) is 2.53. The van der Waals surface area contributed by atoms with Crippen molar-refractivity contribution in [1.29, 1.82) is 0 Å². The van der Waals surface area contributed by atoms with Crippen LogP contribution < -0.4 is 0 Å². The lowest BCUT2D eigenvalue weighted by atomic mass is 9.95. The van der Waals surface area contributed by atoms with Gasteiger partial charge < -0.3 is 0 Å². The summed E-state index contributed by atoms with van der Waals surface area (Å²) in [5.41, 5.74) is 0.658. The van der Waals surface area contributed by atoms with Crippen LogP contribution in [-0.2, 0) is 12.0 Å². The fourth-order valence-electron chi connectivity index (χ4n) is 2.53. The molecule has 1 aliphatic heterocycles. The van der Waals surface area contributed by atoms with Gasteiger partial charge in [0, 0.05) is 17.9 Å². The Morgan fingerprint density at radius 2 is 2.00 bits per heavy atom. The van der Waals surface area contributed by atoms with E-state index in [0.29, 0.717) is 0 Å². The molecule has 0 amide bonds. The van der Waals surface area contributed by atoms with E-state index < -0.39 is 0 Å². The number of hydrogen-bond donors (Lipinski definition) is 0. The number of fused-ring (bicyclic) bond motifs is 1. The molecule has 0 bridgehead atoms. The molecule has 1 aliphatic rings. The molecule has 0 saturated carbocycles. The van der Waals surface area contributed by atoms with Gasteiger partial charge in [0.1, 0.15) is 11.6 Å². The van der Waals surface area contributed by atoms with Gasteiger partial charge in [0.2, 0.25) is 0 Å². The summed E-state index contributed by atoms with van der Waals surface area (Å²) in [7, 11) is 0. The summed E-state index contributed by atoms with van der Waals surface area (Å²) in [5, 5.41) is 4.55. The van der Waals surface area contributed by atoms with Gasteiger partial charge in [-0.2, -0.15) is 5.10 Å². The minimum absolute atomic E-state index is 0.0322. The highest BCUT2D eigenvalue weighted by Gasteiger charge is 2.32. The highest BCUT2D eigenvalue weighted by molar-refractivity contribution is 5.29. The Balaban J connectivity index is 2.03. The van der Waals surface area contributed by atoms with Crippen LogP contribution in [0, 0.1) is 5.82 Å². The lowest BCUT2D eigenvalue weighted by Crippen LogP contribution is -2.14. The van der Waals surface area contributed by atoms with Gasteiger partial charge in [0.25, 0.3) is 0 Å². The van der Waals surface area contributed by atoms with Crippen molar-refractivity contribution >= 4 is 0 Å². The third kappa shape index (κ3) is 2.05. The molecule has 100 valence electrons. The molecule has 3 nitrogen and oxygen atoms in total. The number of aromatic nitrogens is 3. The molecule has 2 heterocycles. The molecular weight excluding hydrogens is 241 g/mol. The van der Waals surface area contributed by atoms with Gasteiger partial charge in [-0.25, -0.2) is 14.1 Å². The van der Waals surface area contributed by atoms with E-state index in [1.54, 1.807) is 6.07 Å². The van der Waals surface area contributed by atoms with Gasteiger partial charge in [0.15, 0.2) is 5.82 Å². The van der Waals surface area contributed by atoms with Crippen LogP contribution in [0.2, 0.25) is 0 Å². The molecule has 1 aromatic heterocycles. The van der Waals surface area contributed by atoms with Crippen LogP contribution in [0.1, 0.15) is 50.3 Å². The average molecular weight is 259 g/mol. The Bertz CT molecular complexity index is 610. The molecule has 4 heteroatoms. The lowest BCUT2D eigenvalue weighted by Gasteiger charge is -2.13. The summed E-state index contributed by atoms with van der Waals surface area (Å²) in [6.07, 6.45) is 0.876. The van der Waals surface area contributed by atoms with Crippen LogP contribution in [0.5, 0.6) is 0 Å². The van der Waals surface area contributed by atoms with E-state index in [1.165, 1.54) is 6.07 Å². The van der Waals surface area contributed by atoms with Crippen molar-refractivity contribution < 1.29 is 4.39 Å². The molecular formula is C15H18FN3. The number of nitrogens with zero attached hydrogens (tertiary/aromatic N) is 3. The molecule has 19 heavy (non-hydrogen) atoms. The number of benzene rings is 1. The second-order valence-electron chi connectivity index (χ2n) is 6.13. The molecule has 0 N–H and O–H groups in total. The van der Waals surface area contributed by atoms with Crippen LogP contribution in [0.3, 0.4) is 0 Å². The highest BCUT2D eigenvalue weighted by Crippen LogP contribution is 2.35. The predicted molar refractivity (Wildman–Crippen MR) is 71.6 cm³/mol. The third-order valence-electron chi connectivity index (χ3n) is 3.59. The maximum atomic E-state index is 13.9. The zero-order valence-electron chi connectivity index (χ0n) is 11.5. The molecule has 0 saturated heterocycles. The number of aryl methyl sites for hydroxylation is 1. The zero-order chi connectivity index (χ0) is 13.6. The second kappa shape index (κ2) is 4.15. The Hall–Kier alpha value is -1.71. The van der Waals surface area contributed by atoms with Gasteiger partial charge in [-0.3, -0.25) is 0 Å². The first-order valence-corrected chi connectivity index (χ1v) is 6.66. The molecule has 0 radical (unpaired) electrons. The van der Waals surface area contributed by atoms with Crippen molar-refractivity contribution in [2.45, 2.75) is 45.1 Å². The van der Waals surface area contributed by atoms with Crippen LogP contribution in [-0.4, -0.2) is 14.8 Å². The van der Waals surface area contributed by atoms with Crippen molar-refractivity contribution in [3.63, 3.8) is 0 Å². The molecule has 2 aromatic rings. The molecule has 0 aliphatic carbocycles. The normalized spacial score (nSPS) is 18.6. The van der Waals surface area contributed by atoms with E-state index in [-0.39, 0.29) is 17.2 Å². The maximum absolute atomic E-state index is 13.9. The van der Waals surface area contributed by atoms with Crippen LogP contribution in [0.15, 0.2) is 24.3 Å². The fraction of sp³-hybridized carbons (Fsp3) is 0.467. The van der Waals surface area contributed by atoms with E-state index in [0.717, 1.165) is 30.2 Å². The molecule has 0 fully saturated rings. The van der Waals surface area contributed by atoms with Crippen molar-refractivity contribution in [2.75, 3.05) is 0 Å². The van der Waals surface area contributed by atoms with E-state index in [4.69, 9.17) is 0 Å². The van der Waals surface area contributed by atoms with Crippen LogP contribution in [0.4, 0.5) is 4.39 Å². The number of hydrogen-bond acceptors (Lipinski definition) is 2. The van der Waals surface area contributed by atoms with Gasteiger partial charge in [-0.1, -0.05) is 39.0 Å². The maximum Gasteiger partial charge on any atom is 0.156 e. The van der Waals surface area contributed by atoms with Crippen molar-refractivity contribution in [3.05, 3.63) is 47.3 Å². The average Bonchev–Trinajstić information content (AvgIpc) is 2.88. The van der Waals surface area contributed by atoms with Crippen molar-refractivity contribution in [2.24, 2.45) is 0 Å². The molecule has 0 spiro atoms. The van der Waals surface area contributed by atoms with E-state index >= 15 is 0 Å². The molecule has 3 rings (SSSR count). The zero-order valence-corrected chi connectivity index (χ0v) is 11.5. The minimum atomic E-state index is -0.152. The first-order valence-electron chi connectivity index (χ1n) is 6.66. The third-order valence-corrected chi connectivity index (χ3v) is 3.59. The smallest absolute Gasteiger partial charge is 0.156 e. The molecule has 1 unspecified atom stereocenters. The standard InChI is InChI=1S/C15H18FN3/c1-15(2,3)14-17-13-11(8-9-19(13)18-14)10-6-4-5-7-12(10)16/h4-7,11H,8-9H2,1-3H3. The highest BCUT2D eigenvalue weighted by atomic mass is 19.1. The first-order chi connectivity index (χ1) is 8.97. The number of rotatable bonds is 1. The van der Waals surface area contributed by atoms with E-state index in [9.17, 15) is 4.39 Å². The largest absolute Gasteiger partial charge is 0.249 e. The Morgan fingerprint density at radius 1 is 1.26 bits per heavy atom. The monoisotopic (exact) mass is 259 g/mol. The summed E-state index contributed by atoms with van der Waals surface area (Å²) >= 11 is 0. The van der Waals surface area contributed by atoms with E-state index in [1.807, 2.05) is 16.8 Å². The Kier molecular flexibility index (Phi) is 2.69. The predicted octanol–water partition coefficient (Wildman–Crippen LogP) is 3.25. The minimum Gasteiger partial charge on any atom is -0.249 e. The summed E-state index contributed by atoms with van der Waals surface area (Å²) in [4.78, 5) is 4.65. The van der Waals surface area contributed by atoms with Crippen LogP contribution in [0.25, 0.3) is 0 Å². The Morgan fingerprint density at radius 3 is 2.68 bits per heavy atom. The second-order valence-corrected chi connectivity index (χ2v) is 6.13. The quantitative estimate of drug-likeness (QED) is 0.787. The molecule has 1 atom stereocenters. The van der Waals surface area contributed by atoms with Crippen LogP contribution >= 0.6 is 0 Å². The summed E-state index contributed by atoms with van der Waals surface area (Å²) in [6.45, 7) is 7.10. The first kappa shape index (κ1) is 12.3. The SMILES string of the molecule is CC(C)(C)c1nc2n(n1)CCC2c1ccccc1F. The lowest BCUT2D eigenvalue weighted by molar-refractivity contribution is 0.523. The summed E-state index contributed by atoms with van der Waals surface area (Å²) in [5.74, 6) is 1.62. The van der Waals surface area contributed by atoms with Gasteiger partial charge in [0.05, 0.1) is 0 Å². The van der Waals surface area contributed by atoms with Crippen molar-refractivity contribution in [1.82, 2.24) is 14.8 Å². The number of halogens is 1. The Labute approximate surface area is 112 Å². The van der Waals surface area contributed by atoms with Gasteiger partial charge in [-0.05, 0) is 18.1 Å². The molecule has 1 aromatic carbocycles. The van der Waals surface area contributed by atoms with E-state index in [2.05, 4.69) is 30.9 Å². The summed E-state index contributed by atoms with van der Waals surface area (Å²) < 4.78 is 15.8. The topological polar surface area (TPSA) is 30.7 Å². The summed E-state index contributed by atoms with van der Waals surface area (Å²) in [6, 6.07) is 6.96. The van der Waals surface area contributed by atoms with Crippen molar-refractivity contribution in [3.8, 4) is 0 Å². The van der Waals surface area contributed by atoms with Gasteiger partial charge >= 0.3 is 0 Å².